The highest BCUT2D eigenvalue weighted by Crippen LogP contribution is 2.23. The monoisotopic (exact) mass is 249 g/mol. The molecule has 0 saturated heterocycles. The zero-order chi connectivity index (χ0) is 13.7. The summed E-state index contributed by atoms with van der Waals surface area (Å²) < 4.78 is 0. The third-order valence-corrected chi connectivity index (χ3v) is 2.45. The maximum atomic E-state index is 10.7. The molecule has 0 radical (unpaired) electrons. The smallest absolute Gasteiger partial charge is 0.337 e. The van der Waals surface area contributed by atoms with E-state index in [4.69, 9.17) is 15.5 Å². The quantitative estimate of drug-likeness (QED) is 0.706. The van der Waals surface area contributed by atoms with Gasteiger partial charge in [0, 0.05) is 6.42 Å². The number of aliphatic carboxylic acids is 2. The fourth-order valence-electron chi connectivity index (χ4n) is 1.61. The molecule has 0 aromatic heterocycles. The van der Waals surface area contributed by atoms with Gasteiger partial charge in [-0.1, -0.05) is 12.1 Å². The molecule has 94 valence electrons. The first kappa shape index (κ1) is 13.7. The summed E-state index contributed by atoms with van der Waals surface area (Å²) in [6.07, 6.45) is -2.00. The molecule has 1 rings (SSSR count). The van der Waals surface area contributed by atoms with Gasteiger partial charge in [-0.3, -0.25) is 4.79 Å². The van der Waals surface area contributed by atoms with Gasteiger partial charge < -0.3 is 15.3 Å². The van der Waals surface area contributed by atoms with Crippen molar-refractivity contribution in [2.75, 3.05) is 0 Å². The van der Waals surface area contributed by atoms with Gasteiger partial charge in [0.1, 0.15) is 0 Å². The third-order valence-electron chi connectivity index (χ3n) is 2.45. The van der Waals surface area contributed by atoms with Crippen molar-refractivity contribution in [3.63, 3.8) is 0 Å². The number of rotatable bonds is 5. The van der Waals surface area contributed by atoms with Crippen LogP contribution in [0.5, 0.6) is 0 Å². The van der Waals surface area contributed by atoms with Crippen molar-refractivity contribution in [1.82, 2.24) is 0 Å². The lowest BCUT2D eigenvalue weighted by Gasteiger charge is -2.13. The first-order chi connectivity index (χ1) is 8.47. The molecule has 0 amide bonds. The van der Waals surface area contributed by atoms with Crippen LogP contribution in [-0.2, 0) is 16.0 Å². The largest absolute Gasteiger partial charge is 0.481 e. The standard InChI is InChI=1S/C12H11NO5/c13-6-7-2-1-3-9(11(16)12(17)18)8(7)4-5-10(14)15/h1-3,11,16H,4-5H2,(H,14,15)(H,17,18). The summed E-state index contributed by atoms with van der Waals surface area (Å²) in [5.41, 5.74) is 0.495. The molecule has 0 aliphatic carbocycles. The first-order valence-electron chi connectivity index (χ1n) is 5.12. The fourth-order valence-corrected chi connectivity index (χ4v) is 1.61. The van der Waals surface area contributed by atoms with Gasteiger partial charge in [-0.05, 0) is 23.6 Å². The minimum atomic E-state index is -1.76. The maximum Gasteiger partial charge on any atom is 0.337 e. The molecule has 1 aromatic carbocycles. The molecule has 0 aliphatic rings. The summed E-state index contributed by atoms with van der Waals surface area (Å²) in [6, 6.07) is 6.13. The highest BCUT2D eigenvalue weighted by molar-refractivity contribution is 5.75. The van der Waals surface area contributed by atoms with Gasteiger partial charge in [-0.25, -0.2) is 4.79 Å². The van der Waals surface area contributed by atoms with Crippen LogP contribution in [0.1, 0.15) is 29.2 Å². The summed E-state index contributed by atoms with van der Waals surface area (Å²) in [6.45, 7) is 0. The number of aliphatic hydroxyl groups excluding tert-OH is 1. The summed E-state index contributed by atoms with van der Waals surface area (Å²) in [7, 11) is 0. The van der Waals surface area contributed by atoms with E-state index in [1.807, 2.05) is 6.07 Å². The first-order valence-corrected chi connectivity index (χ1v) is 5.12. The van der Waals surface area contributed by atoms with Gasteiger partial charge in [0.15, 0.2) is 6.10 Å². The van der Waals surface area contributed by atoms with E-state index in [1.54, 1.807) is 0 Å². The maximum absolute atomic E-state index is 10.7. The molecule has 0 bridgehead atoms. The topological polar surface area (TPSA) is 119 Å². The highest BCUT2D eigenvalue weighted by atomic mass is 16.4. The molecule has 6 heteroatoms. The van der Waals surface area contributed by atoms with Gasteiger partial charge in [-0.15, -0.1) is 0 Å². The van der Waals surface area contributed by atoms with E-state index in [-0.39, 0.29) is 29.5 Å². The second-order valence-corrected chi connectivity index (χ2v) is 3.62. The van der Waals surface area contributed by atoms with E-state index in [0.29, 0.717) is 0 Å². The predicted molar refractivity (Wildman–Crippen MR) is 59.7 cm³/mol. The van der Waals surface area contributed by atoms with E-state index < -0.39 is 18.0 Å². The zero-order valence-electron chi connectivity index (χ0n) is 9.33. The normalized spacial score (nSPS) is 11.6. The van der Waals surface area contributed by atoms with Crippen molar-refractivity contribution in [2.45, 2.75) is 18.9 Å². The number of hydrogen-bond acceptors (Lipinski definition) is 4. The number of nitriles is 1. The molecule has 3 N–H and O–H groups in total. The summed E-state index contributed by atoms with van der Waals surface area (Å²) >= 11 is 0. The molecule has 18 heavy (non-hydrogen) atoms. The Morgan fingerprint density at radius 3 is 2.50 bits per heavy atom. The summed E-state index contributed by atoms with van der Waals surface area (Å²) in [5.74, 6) is -2.50. The van der Waals surface area contributed by atoms with Crippen LogP contribution >= 0.6 is 0 Å². The predicted octanol–water partition coefficient (Wildman–Crippen LogP) is 0.693. The highest BCUT2D eigenvalue weighted by Gasteiger charge is 2.21. The van der Waals surface area contributed by atoms with Crippen LogP contribution in [0.15, 0.2) is 18.2 Å². The van der Waals surface area contributed by atoms with Crippen molar-refractivity contribution >= 4 is 11.9 Å². The van der Waals surface area contributed by atoms with Gasteiger partial charge in [0.25, 0.3) is 0 Å². The molecule has 0 saturated carbocycles. The van der Waals surface area contributed by atoms with E-state index >= 15 is 0 Å². The minimum absolute atomic E-state index is 0.00125. The molecule has 0 fully saturated rings. The Hall–Kier alpha value is -2.39. The van der Waals surface area contributed by atoms with Gasteiger partial charge in [0.2, 0.25) is 0 Å². The second kappa shape index (κ2) is 5.80. The lowest BCUT2D eigenvalue weighted by Crippen LogP contribution is -2.14. The average molecular weight is 249 g/mol. The Balaban J connectivity index is 3.21. The van der Waals surface area contributed by atoms with Crippen LogP contribution in [0.2, 0.25) is 0 Å². The van der Waals surface area contributed by atoms with Crippen molar-refractivity contribution in [3.8, 4) is 6.07 Å². The molecule has 0 aliphatic heterocycles. The van der Waals surface area contributed by atoms with E-state index in [2.05, 4.69) is 0 Å². The van der Waals surface area contributed by atoms with E-state index in [0.717, 1.165) is 0 Å². The molecule has 1 unspecified atom stereocenters. The zero-order valence-corrected chi connectivity index (χ0v) is 9.33. The van der Waals surface area contributed by atoms with E-state index in [9.17, 15) is 14.7 Å². The van der Waals surface area contributed by atoms with Crippen molar-refractivity contribution < 1.29 is 24.9 Å². The summed E-state index contributed by atoms with van der Waals surface area (Å²) in [5, 5.41) is 35.8. The van der Waals surface area contributed by atoms with Crippen LogP contribution < -0.4 is 0 Å². The van der Waals surface area contributed by atoms with Crippen LogP contribution in [-0.4, -0.2) is 27.3 Å². The van der Waals surface area contributed by atoms with E-state index in [1.165, 1.54) is 18.2 Å². The van der Waals surface area contributed by atoms with Crippen LogP contribution in [0.3, 0.4) is 0 Å². The van der Waals surface area contributed by atoms with Crippen LogP contribution in [0, 0.1) is 11.3 Å². The fraction of sp³-hybridized carbons (Fsp3) is 0.250. The van der Waals surface area contributed by atoms with Crippen molar-refractivity contribution in [2.24, 2.45) is 0 Å². The van der Waals surface area contributed by atoms with Crippen molar-refractivity contribution in [1.29, 1.82) is 5.26 Å². The molecular weight excluding hydrogens is 238 g/mol. The second-order valence-electron chi connectivity index (χ2n) is 3.62. The number of carbonyl (C=O) groups is 2. The SMILES string of the molecule is N#Cc1cccc(C(O)C(=O)O)c1CCC(=O)O. The Bertz CT molecular complexity index is 518. The molecule has 1 aromatic rings. The lowest BCUT2D eigenvalue weighted by molar-refractivity contribution is -0.147. The summed E-state index contributed by atoms with van der Waals surface area (Å²) in [4.78, 5) is 21.3. The Morgan fingerprint density at radius 2 is 2.00 bits per heavy atom. The average Bonchev–Trinajstić information content (AvgIpc) is 2.34. The lowest BCUT2D eigenvalue weighted by atomic mass is 9.94. The van der Waals surface area contributed by atoms with Crippen LogP contribution in [0.25, 0.3) is 0 Å². The Labute approximate surface area is 103 Å². The van der Waals surface area contributed by atoms with Crippen LogP contribution in [0.4, 0.5) is 0 Å². The molecule has 0 heterocycles. The molecule has 6 nitrogen and oxygen atoms in total. The number of nitrogens with zero attached hydrogens (tertiary/aromatic N) is 1. The number of aliphatic hydroxyl groups is 1. The number of carboxylic acid groups (broad SMARTS) is 2. The number of carboxylic acids is 2. The molecular formula is C12H11NO5. The minimum Gasteiger partial charge on any atom is -0.481 e. The van der Waals surface area contributed by atoms with Crippen molar-refractivity contribution in [3.05, 3.63) is 34.9 Å². The van der Waals surface area contributed by atoms with Gasteiger partial charge in [0.05, 0.1) is 11.6 Å². The Kier molecular flexibility index (Phi) is 4.40. The Morgan fingerprint density at radius 1 is 1.33 bits per heavy atom. The number of benzene rings is 1. The third kappa shape index (κ3) is 3.06. The van der Waals surface area contributed by atoms with Gasteiger partial charge in [-0.2, -0.15) is 5.26 Å². The molecule has 1 atom stereocenters. The number of hydrogen-bond donors (Lipinski definition) is 3. The van der Waals surface area contributed by atoms with Gasteiger partial charge >= 0.3 is 11.9 Å². The molecule has 0 spiro atoms.